The molecule has 0 radical (unpaired) electrons. The van der Waals surface area contributed by atoms with Gasteiger partial charge in [0.1, 0.15) is 19.3 Å². The van der Waals surface area contributed by atoms with Crippen molar-refractivity contribution in [3.63, 3.8) is 0 Å². The van der Waals surface area contributed by atoms with E-state index in [9.17, 15) is 43.2 Å². The van der Waals surface area contributed by atoms with Crippen molar-refractivity contribution in [2.24, 2.45) is 11.8 Å². The van der Waals surface area contributed by atoms with Crippen molar-refractivity contribution in [2.45, 2.75) is 407 Å². The van der Waals surface area contributed by atoms with Gasteiger partial charge in [0.05, 0.1) is 26.4 Å². The molecular weight excluding hydrogens is 1230 g/mol. The Bertz CT molecular complexity index is 1820. The monoisotopic (exact) mass is 1380 g/mol. The van der Waals surface area contributed by atoms with E-state index < -0.39 is 97.5 Å². The average molecular weight is 1380 g/mol. The van der Waals surface area contributed by atoms with Crippen LogP contribution in [0.4, 0.5) is 0 Å². The number of esters is 4. The topological polar surface area (TPSA) is 237 Å². The molecule has 17 nitrogen and oxygen atoms in total. The van der Waals surface area contributed by atoms with E-state index in [0.29, 0.717) is 25.7 Å². The van der Waals surface area contributed by atoms with Gasteiger partial charge in [-0.3, -0.25) is 37.3 Å². The maximum atomic E-state index is 13.1. The molecule has 0 aromatic rings. The lowest BCUT2D eigenvalue weighted by atomic mass is 9.99. The lowest BCUT2D eigenvalue weighted by Crippen LogP contribution is -2.30. The lowest BCUT2D eigenvalue weighted by molar-refractivity contribution is -0.161. The molecule has 0 aliphatic carbocycles. The number of phosphoric ester groups is 2. The molecule has 3 N–H and O–H groups in total. The van der Waals surface area contributed by atoms with Crippen molar-refractivity contribution >= 4 is 39.5 Å². The Morgan fingerprint density at radius 2 is 0.511 bits per heavy atom. The maximum absolute atomic E-state index is 13.1. The number of carbonyl (C=O) groups is 4. The molecule has 94 heavy (non-hydrogen) atoms. The second-order valence-electron chi connectivity index (χ2n) is 27.5. The van der Waals surface area contributed by atoms with Gasteiger partial charge in [-0.2, -0.15) is 0 Å². The summed E-state index contributed by atoms with van der Waals surface area (Å²) in [5.74, 6) is -0.610. The van der Waals surface area contributed by atoms with Gasteiger partial charge in [0.2, 0.25) is 0 Å². The van der Waals surface area contributed by atoms with Crippen LogP contribution in [0.2, 0.25) is 0 Å². The Morgan fingerprint density at radius 3 is 0.755 bits per heavy atom. The van der Waals surface area contributed by atoms with E-state index in [1.54, 1.807) is 0 Å². The Hall–Kier alpha value is -1.94. The number of hydrogen-bond acceptors (Lipinski definition) is 15. The molecule has 558 valence electrons. The third-order valence-electron chi connectivity index (χ3n) is 18.2. The van der Waals surface area contributed by atoms with Crippen LogP contribution in [-0.4, -0.2) is 96.7 Å². The van der Waals surface area contributed by atoms with Gasteiger partial charge in [0.25, 0.3) is 0 Å². The first-order chi connectivity index (χ1) is 45.4. The molecular formula is C75H146O17P2. The molecule has 0 aromatic heterocycles. The minimum Gasteiger partial charge on any atom is -0.462 e. The highest BCUT2D eigenvalue weighted by Gasteiger charge is 2.30. The van der Waals surface area contributed by atoms with Gasteiger partial charge >= 0.3 is 39.5 Å². The normalized spacial score (nSPS) is 14.6. The van der Waals surface area contributed by atoms with E-state index in [-0.39, 0.29) is 25.7 Å². The summed E-state index contributed by atoms with van der Waals surface area (Å²) in [5.41, 5.74) is 0. The number of unbranched alkanes of at least 4 members (excludes halogenated alkanes) is 42. The summed E-state index contributed by atoms with van der Waals surface area (Å²) in [6.07, 6.45) is 54.1. The number of hydrogen-bond donors (Lipinski definition) is 3. The molecule has 0 saturated carbocycles. The van der Waals surface area contributed by atoms with Crippen LogP contribution < -0.4 is 0 Å². The van der Waals surface area contributed by atoms with Gasteiger partial charge in [0.15, 0.2) is 12.2 Å². The van der Waals surface area contributed by atoms with Crippen molar-refractivity contribution < 1.29 is 80.2 Å². The Kier molecular flexibility index (Phi) is 65.5. The summed E-state index contributed by atoms with van der Waals surface area (Å²) in [7, 11) is -9.91. The average Bonchev–Trinajstić information content (AvgIpc) is 1.29. The molecule has 4 unspecified atom stereocenters. The van der Waals surface area contributed by atoms with Crippen molar-refractivity contribution in [1.29, 1.82) is 0 Å². The van der Waals surface area contributed by atoms with Crippen LogP contribution in [0.25, 0.3) is 0 Å². The fourth-order valence-electron chi connectivity index (χ4n) is 11.4. The van der Waals surface area contributed by atoms with Gasteiger partial charge in [-0.15, -0.1) is 0 Å². The van der Waals surface area contributed by atoms with Crippen LogP contribution in [0.3, 0.4) is 0 Å². The molecule has 7 atom stereocenters. The van der Waals surface area contributed by atoms with E-state index >= 15 is 0 Å². The summed E-state index contributed by atoms with van der Waals surface area (Å²) >= 11 is 0. The van der Waals surface area contributed by atoms with Crippen molar-refractivity contribution in [2.75, 3.05) is 39.6 Å². The number of rotatable bonds is 74. The SMILES string of the molecule is CCCCCCCCCCCCCCCCCCCCCCC(=O)O[C@H](COC(=O)CCCCCCCCCCC(C)CC)COP(=O)(O)OC[C@@H](O)COP(=O)(O)OC[C@@H](COC(=O)CCCCCCCCC(C)CC)OC(=O)CCCCCCCCCCCCCC. The second kappa shape index (κ2) is 66.9. The highest BCUT2D eigenvalue weighted by atomic mass is 31.2. The van der Waals surface area contributed by atoms with Gasteiger partial charge < -0.3 is 33.8 Å². The minimum atomic E-state index is -4.96. The van der Waals surface area contributed by atoms with Crippen molar-refractivity contribution in [1.82, 2.24) is 0 Å². The number of phosphoric acid groups is 2. The molecule has 0 rings (SSSR count). The molecule has 0 aliphatic rings. The summed E-state index contributed by atoms with van der Waals surface area (Å²) in [4.78, 5) is 72.7. The molecule has 0 aliphatic heterocycles. The van der Waals surface area contributed by atoms with Crippen LogP contribution in [0.1, 0.15) is 388 Å². The zero-order chi connectivity index (χ0) is 69.3. The zero-order valence-electron chi connectivity index (χ0n) is 61.3. The third-order valence-corrected chi connectivity index (χ3v) is 20.1. The van der Waals surface area contributed by atoms with Gasteiger partial charge in [-0.25, -0.2) is 9.13 Å². The van der Waals surface area contributed by atoms with Crippen molar-refractivity contribution in [3.8, 4) is 0 Å². The van der Waals surface area contributed by atoms with Crippen LogP contribution in [-0.2, 0) is 65.4 Å². The molecule has 0 heterocycles. The largest absolute Gasteiger partial charge is 0.472 e. The first kappa shape index (κ1) is 92.1. The summed E-state index contributed by atoms with van der Waals surface area (Å²) < 4.78 is 68.5. The molecule has 0 fully saturated rings. The predicted molar refractivity (Wildman–Crippen MR) is 381 cm³/mol. The van der Waals surface area contributed by atoms with E-state index in [1.165, 1.54) is 199 Å². The first-order valence-corrected chi connectivity index (χ1v) is 42.1. The van der Waals surface area contributed by atoms with E-state index in [1.807, 2.05) is 0 Å². The summed E-state index contributed by atoms with van der Waals surface area (Å²) in [6, 6.07) is 0. The standard InChI is InChI=1S/C75H146O17P2/c1-7-11-13-15-17-19-21-23-24-25-26-27-28-29-30-32-34-40-48-54-60-75(80)91-70(63-85-72(77)57-51-45-38-36-35-37-43-49-55-67(5)9-3)65-89-93(81,82)87-61-69(76)62-88-94(83,84)90-66-71(64-86-73(78)58-52-46-42-41-44-50-56-68(6)10-4)92-74(79)59-53-47-39-33-31-22-20-18-16-14-12-8-2/h67-71,76H,7-66H2,1-6H3,(H,81,82)(H,83,84)/t67?,68?,69-,70-,71-/m1/s1. The highest BCUT2D eigenvalue weighted by Crippen LogP contribution is 2.45. The summed E-state index contributed by atoms with van der Waals surface area (Å²) in [5, 5.41) is 10.6. The fourth-order valence-corrected chi connectivity index (χ4v) is 13.0. The first-order valence-electron chi connectivity index (χ1n) is 39.1. The number of ether oxygens (including phenoxy) is 4. The smallest absolute Gasteiger partial charge is 0.462 e. The summed E-state index contributed by atoms with van der Waals surface area (Å²) in [6.45, 7) is 9.55. The molecule has 0 bridgehead atoms. The maximum Gasteiger partial charge on any atom is 0.472 e. The van der Waals surface area contributed by atoms with Crippen LogP contribution in [0, 0.1) is 11.8 Å². The third kappa shape index (κ3) is 66.0. The van der Waals surface area contributed by atoms with Crippen molar-refractivity contribution in [3.05, 3.63) is 0 Å². The van der Waals surface area contributed by atoms with Gasteiger partial charge in [0, 0.05) is 25.7 Å². The van der Waals surface area contributed by atoms with Crippen LogP contribution in [0.5, 0.6) is 0 Å². The Balaban J connectivity index is 5.21. The van der Waals surface area contributed by atoms with Crippen LogP contribution >= 0.6 is 15.6 Å². The van der Waals surface area contributed by atoms with Gasteiger partial charge in [-0.1, -0.05) is 337 Å². The lowest BCUT2D eigenvalue weighted by Gasteiger charge is -2.21. The number of aliphatic hydroxyl groups is 1. The minimum absolute atomic E-state index is 0.106. The quantitative estimate of drug-likeness (QED) is 0.0222. The Labute approximate surface area is 575 Å². The Morgan fingerprint density at radius 1 is 0.298 bits per heavy atom. The predicted octanol–water partition coefficient (Wildman–Crippen LogP) is 21.9. The van der Waals surface area contributed by atoms with E-state index in [0.717, 1.165) is 108 Å². The number of carbonyl (C=O) groups excluding carboxylic acids is 4. The highest BCUT2D eigenvalue weighted by molar-refractivity contribution is 7.47. The second-order valence-corrected chi connectivity index (χ2v) is 30.4. The van der Waals surface area contributed by atoms with E-state index in [4.69, 9.17) is 37.0 Å². The zero-order valence-corrected chi connectivity index (χ0v) is 63.1. The number of aliphatic hydroxyl groups excluding tert-OH is 1. The molecule has 19 heteroatoms. The van der Waals surface area contributed by atoms with E-state index in [2.05, 4.69) is 41.5 Å². The molecule has 0 spiro atoms. The molecule has 0 aromatic carbocycles. The molecule has 0 saturated heterocycles. The fraction of sp³-hybridized carbons (Fsp3) is 0.947. The molecule has 0 amide bonds. The van der Waals surface area contributed by atoms with Crippen LogP contribution in [0.15, 0.2) is 0 Å². The van der Waals surface area contributed by atoms with Gasteiger partial charge in [-0.05, 0) is 37.5 Å².